The van der Waals surface area contributed by atoms with Crippen LogP contribution in [0.5, 0.6) is 5.75 Å². The standard InChI is InChI=1S/C21H27FN2O2/c1-14(2)17-7-9-18(10-8-17)23-21(25)15(3)24(4)13-16-6-11-20(26-5)19(22)12-16/h6-12,14-15H,13H2,1-5H3,(H,23,25). The predicted octanol–water partition coefficient (Wildman–Crippen LogP) is 4.42. The molecule has 26 heavy (non-hydrogen) atoms. The first-order chi connectivity index (χ1) is 12.3. The van der Waals surface area contributed by atoms with E-state index in [1.165, 1.54) is 18.7 Å². The first kappa shape index (κ1) is 19.9. The Hall–Kier alpha value is -2.40. The number of hydrogen-bond donors (Lipinski definition) is 1. The highest BCUT2D eigenvalue weighted by Crippen LogP contribution is 2.20. The lowest BCUT2D eigenvalue weighted by Gasteiger charge is -2.24. The largest absolute Gasteiger partial charge is 0.494 e. The SMILES string of the molecule is COc1ccc(CN(C)C(C)C(=O)Nc2ccc(C(C)C)cc2)cc1F. The van der Waals surface area contributed by atoms with Gasteiger partial charge in [0.2, 0.25) is 5.91 Å². The van der Waals surface area contributed by atoms with Gasteiger partial charge < -0.3 is 10.1 Å². The average molecular weight is 358 g/mol. The third-order valence-corrected chi connectivity index (χ3v) is 4.53. The highest BCUT2D eigenvalue weighted by Gasteiger charge is 2.19. The van der Waals surface area contributed by atoms with Crippen LogP contribution in [0.4, 0.5) is 10.1 Å². The van der Waals surface area contributed by atoms with Crippen molar-refractivity contribution in [2.45, 2.75) is 39.3 Å². The summed E-state index contributed by atoms with van der Waals surface area (Å²) in [6.07, 6.45) is 0. The van der Waals surface area contributed by atoms with Gasteiger partial charge in [-0.25, -0.2) is 4.39 Å². The fourth-order valence-electron chi connectivity index (χ4n) is 2.63. The maximum atomic E-state index is 13.8. The Morgan fingerprint density at radius 2 is 1.81 bits per heavy atom. The summed E-state index contributed by atoms with van der Waals surface area (Å²) in [5, 5.41) is 2.93. The average Bonchev–Trinajstić information content (AvgIpc) is 2.61. The molecule has 0 spiro atoms. The van der Waals surface area contributed by atoms with Gasteiger partial charge in [-0.1, -0.05) is 32.0 Å². The molecule has 0 bridgehead atoms. The summed E-state index contributed by atoms with van der Waals surface area (Å²) in [7, 11) is 3.28. The second kappa shape index (κ2) is 8.81. The molecular weight excluding hydrogens is 331 g/mol. The van der Waals surface area contributed by atoms with Gasteiger partial charge in [0.05, 0.1) is 13.2 Å². The van der Waals surface area contributed by atoms with Crippen molar-refractivity contribution < 1.29 is 13.9 Å². The molecule has 1 atom stereocenters. The van der Waals surface area contributed by atoms with E-state index < -0.39 is 5.82 Å². The van der Waals surface area contributed by atoms with Crippen molar-refractivity contribution in [3.8, 4) is 5.75 Å². The zero-order valence-electron chi connectivity index (χ0n) is 16.0. The van der Waals surface area contributed by atoms with Gasteiger partial charge >= 0.3 is 0 Å². The maximum absolute atomic E-state index is 13.8. The normalized spacial score (nSPS) is 12.3. The maximum Gasteiger partial charge on any atom is 0.241 e. The number of nitrogens with one attached hydrogen (secondary N) is 1. The lowest BCUT2D eigenvalue weighted by molar-refractivity contribution is -0.120. The van der Waals surface area contributed by atoms with Crippen molar-refractivity contribution in [1.82, 2.24) is 4.90 Å². The molecule has 0 heterocycles. The lowest BCUT2D eigenvalue weighted by atomic mass is 10.0. The predicted molar refractivity (Wildman–Crippen MR) is 103 cm³/mol. The van der Waals surface area contributed by atoms with Crippen LogP contribution in [0.2, 0.25) is 0 Å². The molecule has 1 N–H and O–H groups in total. The molecule has 2 aromatic carbocycles. The minimum absolute atomic E-state index is 0.0984. The van der Waals surface area contributed by atoms with Crippen LogP contribution in [-0.4, -0.2) is 31.0 Å². The summed E-state index contributed by atoms with van der Waals surface area (Å²) in [6.45, 7) is 6.55. The summed E-state index contributed by atoms with van der Waals surface area (Å²) in [4.78, 5) is 14.4. The van der Waals surface area contributed by atoms with E-state index in [-0.39, 0.29) is 17.7 Å². The zero-order valence-corrected chi connectivity index (χ0v) is 16.0. The smallest absolute Gasteiger partial charge is 0.241 e. The number of rotatable bonds is 7. The molecule has 4 nitrogen and oxygen atoms in total. The molecule has 2 rings (SSSR count). The minimum Gasteiger partial charge on any atom is -0.494 e. The van der Waals surface area contributed by atoms with Crippen LogP contribution >= 0.6 is 0 Å². The van der Waals surface area contributed by atoms with E-state index in [0.29, 0.717) is 12.5 Å². The molecule has 0 saturated heterocycles. The fraction of sp³-hybridized carbons (Fsp3) is 0.381. The monoisotopic (exact) mass is 358 g/mol. The van der Waals surface area contributed by atoms with Crippen molar-refractivity contribution in [2.75, 3.05) is 19.5 Å². The Morgan fingerprint density at radius 3 is 2.35 bits per heavy atom. The summed E-state index contributed by atoms with van der Waals surface area (Å²) in [5.41, 5.74) is 2.79. The number of halogens is 1. The van der Waals surface area contributed by atoms with E-state index in [1.54, 1.807) is 12.1 Å². The van der Waals surface area contributed by atoms with Crippen molar-refractivity contribution >= 4 is 11.6 Å². The van der Waals surface area contributed by atoms with Gasteiger partial charge in [-0.2, -0.15) is 0 Å². The van der Waals surface area contributed by atoms with Crippen molar-refractivity contribution in [2.24, 2.45) is 0 Å². The molecule has 0 aliphatic rings. The molecule has 140 valence electrons. The molecule has 1 unspecified atom stereocenters. The van der Waals surface area contributed by atoms with E-state index in [9.17, 15) is 9.18 Å². The summed E-state index contributed by atoms with van der Waals surface area (Å²) in [6, 6.07) is 12.4. The Balaban J connectivity index is 1.97. The van der Waals surface area contributed by atoms with Crippen molar-refractivity contribution in [3.05, 3.63) is 59.4 Å². The molecule has 0 fully saturated rings. The number of likely N-dealkylation sites (N-methyl/N-ethyl adjacent to an activating group) is 1. The van der Waals surface area contributed by atoms with Gasteiger partial charge in [0.25, 0.3) is 0 Å². The lowest BCUT2D eigenvalue weighted by Crippen LogP contribution is -2.39. The Kier molecular flexibility index (Phi) is 6.75. The quantitative estimate of drug-likeness (QED) is 0.797. The van der Waals surface area contributed by atoms with Crippen LogP contribution in [0.25, 0.3) is 0 Å². The van der Waals surface area contributed by atoms with Crippen LogP contribution in [0.1, 0.15) is 37.8 Å². The van der Waals surface area contributed by atoms with Crippen LogP contribution in [0.3, 0.4) is 0 Å². The van der Waals surface area contributed by atoms with E-state index in [4.69, 9.17) is 4.74 Å². The van der Waals surface area contributed by atoms with E-state index in [0.717, 1.165) is 11.3 Å². The first-order valence-corrected chi connectivity index (χ1v) is 8.75. The molecular formula is C21H27FN2O2. The number of carbonyl (C=O) groups is 1. The molecule has 0 aliphatic carbocycles. The number of hydrogen-bond acceptors (Lipinski definition) is 3. The summed E-state index contributed by atoms with van der Waals surface area (Å²) < 4.78 is 18.7. The number of methoxy groups -OCH3 is 1. The highest BCUT2D eigenvalue weighted by molar-refractivity contribution is 5.94. The summed E-state index contributed by atoms with van der Waals surface area (Å²) in [5.74, 6) is 0.168. The van der Waals surface area contributed by atoms with Crippen LogP contribution < -0.4 is 10.1 Å². The number of ether oxygens (including phenoxy) is 1. The van der Waals surface area contributed by atoms with Gasteiger partial charge in [-0.3, -0.25) is 9.69 Å². The Morgan fingerprint density at radius 1 is 1.15 bits per heavy atom. The Bertz CT molecular complexity index is 744. The number of benzene rings is 2. The molecule has 2 aromatic rings. The van der Waals surface area contributed by atoms with Gasteiger partial charge in [-0.15, -0.1) is 0 Å². The highest BCUT2D eigenvalue weighted by atomic mass is 19.1. The van der Waals surface area contributed by atoms with E-state index in [2.05, 4.69) is 19.2 Å². The molecule has 0 aliphatic heterocycles. The third kappa shape index (κ3) is 5.05. The number of amides is 1. The molecule has 0 saturated carbocycles. The van der Waals surface area contributed by atoms with Crippen LogP contribution in [0.15, 0.2) is 42.5 Å². The first-order valence-electron chi connectivity index (χ1n) is 8.75. The second-order valence-electron chi connectivity index (χ2n) is 6.83. The molecule has 5 heteroatoms. The second-order valence-corrected chi connectivity index (χ2v) is 6.83. The van der Waals surface area contributed by atoms with Gasteiger partial charge in [0.1, 0.15) is 0 Å². The molecule has 0 aromatic heterocycles. The number of nitrogens with zero attached hydrogens (tertiary/aromatic N) is 1. The number of carbonyl (C=O) groups excluding carboxylic acids is 1. The van der Waals surface area contributed by atoms with E-state index >= 15 is 0 Å². The zero-order chi connectivity index (χ0) is 19.3. The van der Waals surface area contributed by atoms with Gasteiger partial charge in [0.15, 0.2) is 11.6 Å². The third-order valence-electron chi connectivity index (χ3n) is 4.53. The van der Waals surface area contributed by atoms with Crippen molar-refractivity contribution in [1.29, 1.82) is 0 Å². The number of anilines is 1. The van der Waals surface area contributed by atoms with Gasteiger partial charge in [-0.05, 0) is 55.3 Å². The van der Waals surface area contributed by atoms with Crippen LogP contribution in [0, 0.1) is 5.82 Å². The van der Waals surface area contributed by atoms with Crippen molar-refractivity contribution in [3.63, 3.8) is 0 Å². The molecule has 0 radical (unpaired) electrons. The molecule has 1 amide bonds. The van der Waals surface area contributed by atoms with Gasteiger partial charge in [0, 0.05) is 12.2 Å². The fourth-order valence-corrected chi connectivity index (χ4v) is 2.63. The minimum atomic E-state index is -0.402. The van der Waals surface area contributed by atoms with Crippen LogP contribution in [-0.2, 0) is 11.3 Å². The topological polar surface area (TPSA) is 41.6 Å². The summed E-state index contributed by atoms with van der Waals surface area (Å²) >= 11 is 0. The van der Waals surface area contributed by atoms with E-state index in [1.807, 2.05) is 43.1 Å². The Labute approximate surface area is 155 Å².